The Balaban J connectivity index is 2.08. The molecule has 0 radical (unpaired) electrons. The highest BCUT2D eigenvalue weighted by molar-refractivity contribution is 6.30. The molecule has 0 saturated heterocycles. The van der Waals surface area contributed by atoms with Crippen molar-refractivity contribution in [3.63, 3.8) is 0 Å². The van der Waals surface area contributed by atoms with E-state index in [-0.39, 0.29) is 0 Å². The van der Waals surface area contributed by atoms with E-state index in [0.29, 0.717) is 5.92 Å². The molecule has 0 amide bonds. The standard InChI is InChI=1S/C19H32ClN/c1-3-5-6-7-8-15-21-16-9-10-17(4-2)18-11-13-19(20)14-12-18/h11-14,17,21H,3-10,15-16H2,1-2H3. The first-order valence-corrected chi connectivity index (χ1v) is 9.11. The maximum atomic E-state index is 5.96. The zero-order valence-electron chi connectivity index (χ0n) is 13.8. The third kappa shape index (κ3) is 8.48. The van der Waals surface area contributed by atoms with E-state index in [4.69, 9.17) is 11.6 Å². The van der Waals surface area contributed by atoms with Crippen LogP contribution in [0.3, 0.4) is 0 Å². The van der Waals surface area contributed by atoms with Crippen LogP contribution in [0, 0.1) is 0 Å². The van der Waals surface area contributed by atoms with Gasteiger partial charge in [-0.15, -0.1) is 0 Å². The van der Waals surface area contributed by atoms with Gasteiger partial charge in [-0.25, -0.2) is 0 Å². The van der Waals surface area contributed by atoms with Gasteiger partial charge >= 0.3 is 0 Å². The molecule has 120 valence electrons. The van der Waals surface area contributed by atoms with E-state index in [1.807, 2.05) is 12.1 Å². The van der Waals surface area contributed by atoms with E-state index < -0.39 is 0 Å². The Morgan fingerprint density at radius 3 is 2.24 bits per heavy atom. The van der Waals surface area contributed by atoms with E-state index >= 15 is 0 Å². The third-order valence-corrected chi connectivity index (χ3v) is 4.45. The Hall–Kier alpha value is -0.530. The minimum atomic E-state index is 0.675. The second-order valence-electron chi connectivity index (χ2n) is 5.96. The van der Waals surface area contributed by atoms with Gasteiger partial charge in [0.25, 0.3) is 0 Å². The number of hydrogen-bond donors (Lipinski definition) is 1. The van der Waals surface area contributed by atoms with Crippen molar-refractivity contribution in [3.8, 4) is 0 Å². The largest absolute Gasteiger partial charge is 0.317 e. The second kappa shape index (κ2) is 12.1. The van der Waals surface area contributed by atoms with Crippen LogP contribution in [0.1, 0.15) is 76.7 Å². The number of unbranched alkanes of at least 4 members (excludes halogenated alkanes) is 4. The van der Waals surface area contributed by atoms with Gasteiger partial charge < -0.3 is 5.32 Å². The molecule has 0 aliphatic rings. The van der Waals surface area contributed by atoms with Crippen molar-refractivity contribution in [2.45, 2.75) is 71.1 Å². The molecular formula is C19H32ClN. The fourth-order valence-electron chi connectivity index (χ4n) is 2.79. The molecule has 0 aliphatic carbocycles. The van der Waals surface area contributed by atoms with Gasteiger partial charge in [0.15, 0.2) is 0 Å². The van der Waals surface area contributed by atoms with Gasteiger partial charge in [-0.2, -0.15) is 0 Å². The zero-order valence-corrected chi connectivity index (χ0v) is 14.6. The number of benzene rings is 1. The summed E-state index contributed by atoms with van der Waals surface area (Å²) in [7, 11) is 0. The summed E-state index contributed by atoms with van der Waals surface area (Å²) in [5, 5.41) is 4.41. The van der Waals surface area contributed by atoms with Crippen molar-refractivity contribution in [3.05, 3.63) is 34.9 Å². The monoisotopic (exact) mass is 309 g/mol. The summed E-state index contributed by atoms with van der Waals surface area (Å²) in [6.45, 7) is 6.88. The Kier molecular flexibility index (Phi) is 10.6. The lowest BCUT2D eigenvalue weighted by Crippen LogP contribution is -2.17. The molecule has 1 aromatic carbocycles. The molecule has 2 heteroatoms. The van der Waals surface area contributed by atoms with E-state index in [0.717, 1.165) is 11.6 Å². The molecule has 1 unspecified atom stereocenters. The van der Waals surface area contributed by atoms with Crippen LogP contribution in [-0.4, -0.2) is 13.1 Å². The van der Waals surface area contributed by atoms with Crippen LogP contribution < -0.4 is 5.32 Å². The van der Waals surface area contributed by atoms with E-state index in [1.54, 1.807) is 0 Å². The van der Waals surface area contributed by atoms with Crippen LogP contribution in [0.15, 0.2) is 24.3 Å². The highest BCUT2D eigenvalue weighted by Gasteiger charge is 2.08. The maximum Gasteiger partial charge on any atom is 0.0406 e. The fraction of sp³-hybridized carbons (Fsp3) is 0.684. The Labute approximate surface area is 136 Å². The van der Waals surface area contributed by atoms with Gasteiger partial charge in [0.1, 0.15) is 0 Å². The summed E-state index contributed by atoms with van der Waals surface area (Å²) < 4.78 is 0. The Morgan fingerprint density at radius 2 is 1.57 bits per heavy atom. The van der Waals surface area contributed by atoms with Crippen LogP contribution in [0.2, 0.25) is 5.02 Å². The molecule has 0 heterocycles. The smallest absolute Gasteiger partial charge is 0.0406 e. The number of rotatable bonds is 12. The topological polar surface area (TPSA) is 12.0 Å². The minimum Gasteiger partial charge on any atom is -0.317 e. The molecule has 0 aromatic heterocycles. The third-order valence-electron chi connectivity index (χ3n) is 4.20. The lowest BCUT2D eigenvalue weighted by atomic mass is 9.92. The van der Waals surface area contributed by atoms with Crippen LogP contribution in [-0.2, 0) is 0 Å². The molecule has 0 saturated carbocycles. The first kappa shape index (κ1) is 18.5. The lowest BCUT2D eigenvalue weighted by Gasteiger charge is -2.15. The van der Waals surface area contributed by atoms with Crippen molar-refractivity contribution < 1.29 is 0 Å². The number of hydrogen-bond acceptors (Lipinski definition) is 1. The summed E-state index contributed by atoms with van der Waals surface area (Å²) in [5.74, 6) is 0.675. The summed E-state index contributed by atoms with van der Waals surface area (Å²) >= 11 is 5.96. The van der Waals surface area contributed by atoms with Gasteiger partial charge in [0, 0.05) is 5.02 Å². The molecule has 0 spiro atoms. The first-order valence-electron chi connectivity index (χ1n) is 8.74. The van der Waals surface area contributed by atoms with E-state index in [1.165, 1.54) is 63.5 Å². The summed E-state index contributed by atoms with van der Waals surface area (Å²) in [4.78, 5) is 0. The predicted octanol–water partition coefficient (Wildman–Crippen LogP) is 6.17. The highest BCUT2D eigenvalue weighted by Crippen LogP contribution is 2.25. The van der Waals surface area contributed by atoms with Gasteiger partial charge in [-0.3, -0.25) is 0 Å². The quantitative estimate of drug-likeness (QED) is 0.455. The molecule has 0 bridgehead atoms. The normalized spacial score (nSPS) is 12.5. The highest BCUT2D eigenvalue weighted by atomic mass is 35.5. The average Bonchev–Trinajstić information content (AvgIpc) is 2.51. The molecule has 1 aromatic rings. The Bertz CT molecular complexity index is 347. The summed E-state index contributed by atoms with van der Waals surface area (Å²) in [6, 6.07) is 8.37. The second-order valence-corrected chi connectivity index (χ2v) is 6.40. The minimum absolute atomic E-state index is 0.675. The lowest BCUT2D eigenvalue weighted by molar-refractivity contribution is 0.529. The van der Waals surface area contributed by atoms with Crippen LogP contribution in [0.4, 0.5) is 0 Å². The summed E-state index contributed by atoms with van der Waals surface area (Å²) in [5.41, 5.74) is 1.43. The van der Waals surface area contributed by atoms with Crippen molar-refractivity contribution >= 4 is 11.6 Å². The molecule has 1 nitrogen and oxygen atoms in total. The van der Waals surface area contributed by atoms with E-state index in [2.05, 4.69) is 31.3 Å². The maximum absolute atomic E-state index is 5.96. The summed E-state index contributed by atoms with van der Waals surface area (Å²) in [6.07, 6.45) is 10.6. The van der Waals surface area contributed by atoms with Crippen molar-refractivity contribution in [1.29, 1.82) is 0 Å². The average molecular weight is 310 g/mol. The molecule has 0 fully saturated rings. The van der Waals surface area contributed by atoms with Gasteiger partial charge in [0.05, 0.1) is 0 Å². The molecule has 0 aliphatic heterocycles. The van der Waals surface area contributed by atoms with Gasteiger partial charge in [0.2, 0.25) is 0 Å². The van der Waals surface area contributed by atoms with Crippen LogP contribution in [0.5, 0.6) is 0 Å². The number of nitrogens with one attached hydrogen (secondary N) is 1. The first-order chi connectivity index (χ1) is 10.3. The van der Waals surface area contributed by atoms with E-state index in [9.17, 15) is 0 Å². The molecular weight excluding hydrogens is 278 g/mol. The van der Waals surface area contributed by atoms with Crippen molar-refractivity contribution in [1.82, 2.24) is 5.32 Å². The predicted molar refractivity (Wildman–Crippen MR) is 95.3 cm³/mol. The van der Waals surface area contributed by atoms with Gasteiger partial charge in [-0.05, 0) is 62.4 Å². The molecule has 1 N–H and O–H groups in total. The molecule has 1 rings (SSSR count). The Morgan fingerprint density at radius 1 is 0.905 bits per heavy atom. The van der Waals surface area contributed by atoms with Gasteiger partial charge in [-0.1, -0.05) is 63.3 Å². The molecule has 1 atom stereocenters. The van der Waals surface area contributed by atoms with Crippen molar-refractivity contribution in [2.24, 2.45) is 0 Å². The van der Waals surface area contributed by atoms with Crippen LogP contribution in [0.25, 0.3) is 0 Å². The van der Waals surface area contributed by atoms with Crippen LogP contribution >= 0.6 is 11.6 Å². The zero-order chi connectivity index (χ0) is 15.3. The number of halogens is 1. The molecule has 21 heavy (non-hydrogen) atoms. The van der Waals surface area contributed by atoms with Crippen molar-refractivity contribution in [2.75, 3.05) is 13.1 Å². The fourth-order valence-corrected chi connectivity index (χ4v) is 2.92. The SMILES string of the molecule is CCCCCCCNCCCC(CC)c1ccc(Cl)cc1.